The lowest BCUT2D eigenvalue weighted by atomic mass is 10.1. The minimum absolute atomic E-state index is 0.0947. The van der Waals surface area contributed by atoms with Crippen molar-refractivity contribution in [2.75, 3.05) is 33.3 Å². The molecule has 1 aromatic heterocycles. The number of aryl methyl sites for hydroxylation is 1. The summed E-state index contributed by atoms with van der Waals surface area (Å²) >= 11 is 0. The first-order valence-corrected chi connectivity index (χ1v) is 8.25. The van der Waals surface area contributed by atoms with E-state index in [0.717, 1.165) is 0 Å². The minimum Gasteiger partial charge on any atom is -0.497 e. The average Bonchev–Trinajstić information content (AvgIpc) is 2.69. The van der Waals surface area contributed by atoms with Crippen LogP contribution in [0.3, 0.4) is 0 Å². The number of carbonyl (C=O) groups is 2. The third kappa shape index (κ3) is 3.58. The van der Waals surface area contributed by atoms with Gasteiger partial charge >= 0.3 is 0 Å². The van der Waals surface area contributed by atoms with Crippen LogP contribution in [0.2, 0.25) is 0 Å². The van der Waals surface area contributed by atoms with Gasteiger partial charge < -0.3 is 19.1 Å². The van der Waals surface area contributed by atoms with E-state index in [4.69, 9.17) is 4.74 Å². The van der Waals surface area contributed by atoms with Gasteiger partial charge in [0, 0.05) is 44.9 Å². The van der Waals surface area contributed by atoms with Crippen molar-refractivity contribution in [3.63, 3.8) is 0 Å². The Kier molecular flexibility index (Phi) is 5.01. The molecule has 0 N–H and O–H groups in total. The molecule has 1 saturated heterocycles. The maximum atomic E-state index is 12.6. The number of carbonyl (C=O) groups excluding carboxylic acids is 2. The van der Waals surface area contributed by atoms with Crippen LogP contribution < -0.4 is 10.3 Å². The van der Waals surface area contributed by atoms with Gasteiger partial charge in [-0.25, -0.2) is 4.98 Å². The van der Waals surface area contributed by atoms with Crippen molar-refractivity contribution in [3.8, 4) is 5.75 Å². The first-order valence-electron chi connectivity index (χ1n) is 8.25. The van der Waals surface area contributed by atoms with E-state index in [-0.39, 0.29) is 23.1 Å². The number of aromatic nitrogens is 2. The summed E-state index contributed by atoms with van der Waals surface area (Å²) < 4.78 is 6.46. The molecular formula is C18H20N4O4. The van der Waals surface area contributed by atoms with E-state index in [1.165, 1.54) is 17.0 Å². The van der Waals surface area contributed by atoms with Gasteiger partial charge in [0.25, 0.3) is 17.4 Å². The zero-order valence-electron chi connectivity index (χ0n) is 14.7. The maximum absolute atomic E-state index is 12.6. The van der Waals surface area contributed by atoms with Crippen LogP contribution in [0, 0.1) is 0 Å². The van der Waals surface area contributed by atoms with E-state index in [2.05, 4.69) is 4.98 Å². The summed E-state index contributed by atoms with van der Waals surface area (Å²) in [7, 11) is 3.13. The highest BCUT2D eigenvalue weighted by atomic mass is 16.5. The number of hydrogen-bond donors (Lipinski definition) is 0. The minimum atomic E-state index is -0.295. The van der Waals surface area contributed by atoms with E-state index in [9.17, 15) is 14.4 Å². The number of ether oxygens (including phenoxy) is 1. The van der Waals surface area contributed by atoms with Gasteiger partial charge in [0.15, 0.2) is 0 Å². The molecule has 1 aromatic carbocycles. The van der Waals surface area contributed by atoms with Crippen LogP contribution in [0.15, 0.2) is 41.5 Å². The van der Waals surface area contributed by atoms with Crippen molar-refractivity contribution in [2.24, 2.45) is 7.05 Å². The van der Waals surface area contributed by atoms with Gasteiger partial charge in [-0.05, 0) is 18.2 Å². The van der Waals surface area contributed by atoms with E-state index in [0.29, 0.717) is 37.5 Å². The van der Waals surface area contributed by atoms with Crippen molar-refractivity contribution in [1.82, 2.24) is 19.4 Å². The third-order valence-corrected chi connectivity index (χ3v) is 4.37. The molecule has 1 aliphatic rings. The van der Waals surface area contributed by atoms with Crippen LogP contribution in [0.25, 0.3) is 0 Å². The number of amides is 2. The average molecular weight is 356 g/mol. The maximum Gasteiger partial charge on any atom is 0.272 e. The number of rotatable bonds is 3. The van der Waals surface area contributed by atoms with Gasteiger partial charge in [-0.2, -0.15) is 0 Å². The Balaban J connectivity index is 1.64. The van der Waals surface area contributed by atoms with Gasteiger partial charge in [0.2, 0.25) is 0 Å². The summed E-state index contributed by atoms with van der Waals surface area (Å²) in [5.74, 6) is 0.236. The van der Waals surface area contributed by atoms with Gasteiger partial charge in [-0.3, -0.25) is 14.4 Å². The van der Waals surface area contributed by atoms with Crippen LogP contribution in [-0.2, 0) is 7.05 Å². The Hall–Kier alpha value is -3.16. The van der Waals surface area contributed by atoms with Crippen LogP contribution in [-0.4, -0.2) is 64.5 Å². The summed E-state index contributed by atoms with van der Waals surface area (Å²) in [5.41, 5.74) is 0.396. The van der Waals surface area contributed by atoms with Crippen LogP contribution in [0.1, 0.15) is 20.8 Å². The lowest BCUT2D eigenvalue weighted by Gasteiger charge is -2.34. The van der Waals surface area contributed by atoms with Crippen molar-refractivity contribution < 1.29 is 14.3 Å². The Bertz CT molecular complexity index is 885. The Morgan fingerprint density at radius 3 is 2.31 bits per heavy atom. The van der Waals surface area contributed by atoms with E-state index in [1.54, 1.807) is 48.2 Å². The molecule has 3 rings (SSSR count). The Morgan fingerprint density at radius 1 is 1.04 bits per heavy atom. The highest BCUT2D eigenvalue weighted by molar-refractivity contribution is 5.95. The number of nitrogens with zero attached hydrogens (tertiary/aromatic N) is 4. The molecule has 0 unspecified atom stereocenters. The largest absolute Gasteiger partial charge is 0.497 e. The topological polar surface area (TPSA) is 84.7 Å². The lowest BCUT2D eigenvalue weighted by molar-refractivity contribution is 0.0532. The molecule has 1 aliphatic heterocycles. The highest BCUT2D eigenvalue weighted by Gasteiger charge is 2.26. The van der Waals surface area contributed by atoms with E-state index in [1.807, 2.05) is 0 Å². The molecule has 0 aliphatic carbocycles. The normalized spacial score (nSPS) is 14.2. The van der Waals surface area contributed by atoms with E-state index >= 15 is 0 Å². The molecule has 2 heterocycles. The molecule has 26 heavy (non-hydrogen) atoms. The van der Waals surface area contributed by atoms with Gasteiger partial charge in [-0.1, -0.05) is 6.07 Å². The molecular weight excluding hydrogens is 336 g/mol. The monoisotopic (exact) mass is 356 g/mol. The fourth-order valence-electron chi connectivity index (χ4n) is 2.79. The standard InChI is InChI=1S/C18H20N4O4/c1-20-12-19-15(11-16(20)23)18(25)22-8-6-21(7-9-22)17(24)13-4-3-5-14(10-13)26-2/h3-5,10-12H,6-9H2,1-2H3. The van der Waals surface area contributed by atoms with Crippen molar-refractivity contribution in [3.05, 3.63) is 58.3 Å². The molecule has 8 heteroatoms. The number of benzene rings is 1. The molecule has 0 spiro atoms. The summed E-state index contributed by atoms with van der Waals surface area (Å²) in [4.78, 5) is 44.1. The fourth-order valence-corrected chi connectivity index (χ4v) is 2.79. The number of piperazine rings is 1. The molecule has 2 amide bonds. The first-order chi connectivity index (χ1) is 12.5. The van der Waals surface area contributed by atoms with Gasteiger partial charge in [0.1, 0.15) is 11.4 Å². The highest BCUT2D eigenvalue weighted by Crippen LogP contribution is 2.16. The second-order valence-electron chi connectivity index (χ2n) is 6.04. The van der Waals surface area contributed by atoms with Crippen molar-refractivity contribution >= 4 is 11.8 Å². The molecule has 0 atom stereocenters. The second kappa shape index (κ2) is 7.38. The predicted octanol–water partition coefficient (Wildman–Crippen LogP) is 0.387. The summed E-state index contributed by atoms with van der Waals surface area (Å²) in [6, 6.07) is 8.23. The van der Waals surface area contributed by atoms with Gasteiger partial charge in [-0.15, -0.1) is 0 Å². The molecule has 8 nitrogen and oxygen atoms in total. The summed E-state index contributed by atoms with van der Waals surface area (Å²) in [5, 5.41) is 0. The zero-order chi connectivity index (χ0) is 18.7. The van der Waals surface area contributed by atoms with Crippen LogP contribution in [0.4, 0.5) is 0 Å². The molecule has 2 aromatic rings. The number of hydrogen-bond acceptors (Lipinski definition) is 5. The quantitative estimate of drug-likeness (QED) is 0.794. The van der Waals surface area contributed by atoms with Crippen molar-refractivity contribution in [1.29, 1.82) is 0 Å². The molecule has 136 valence electrons. The number of methoxy groups -OCH3 is 1. The smallest absolute Gasteiger partial charge is 0.272 e. The van der Waals surface area contributed by atoms with Crippen LogP contribution in [0.5, 0.6) is 5.75 Å². The lowest BCUT2D eigenvalue weighted by Crippen LogP contribution is -2.50. The third-order valence-electron chi connectivity index (χ3n) is 4.37. The molecule has 0 saturated carbocycles. The molecule has 0 bridgehead atoms. The Morgan fingerprint density at radius 2 is 1.69 bits per heavy atom. The fraction of sp³-hybridized carbons (Fsp3) is 0.333. The Labute approximate surface area is 150 Å². The predicted molar refractivity (Wildman–Crippen MR) is 94.3 cm³/mol. The van der Waals surface area contributed by atoms with E-state index < -0.39 is 0 Å². The van der Waals surface area contributed by atoms with Gasteiger partial charge in [0.05, 0.1) is 13.4 Å². The first kappa shape index (κ1) is 17.7. The summed E-state index contributed by atoms with van der Waals surface area (Å²) in [6.07, 6.45) is 1.33. The summed E-state index contributed by atoms with van der Waals surface area (Å²) in [6.45, 7) is 1.64. The molecule has 1 fully saturated rings. The molecule has 0 radical (unpaired) electrons. The zero-order valence-corrected chi connectivity index (χ0v) is 14.7. The SMILES string of the molecule is COc1cccc(C(=O)N2CCN(C(=O)c3cc(=O)n(C)cn3)CC2)c1. The van der Waals surface area contributed by atoms with Crippen LogP contribution >= 0.6 is 0 Å². The second-order valence-corrected chi connectivity index (χ2v) is 6.04. The van der Waals surface area contributed by atoms with Crippen molar-refractivity contribution in [2.45, 2.75) is 0 Å².